The number of nitrogens with zero attached hydrogens (tertiary/aromatic N) is 1. The van der Waals surface area contributed by atoms with Crippen molar-refractivity contribution in [3.63, 3.8) is 0 Å². The fourth-order valence-corrected chi connectivity index (χ4v) is 2.43. The van der Waals surface area contributed by atoms with Gasteiger partial charge in [-0.15, -0.1) is 0 Å². The molecule has 0 spiro atoms. The number of hydrogen-bond acceptors (Lipinski definition) is 2. The first kappa shape index (κ1) is 17.7. The molecule has 0 saturated heterocycles. The van der Waals surface area contributed by atoms with E-state index in [1.54, 1.807) is 0 Å². The van der Waals surface area contributed by atoms with Gasteiger partial charge in [-0.05, 0) is 50.9 Å². The van der Waals surface area contributed by atoms with Crippen molar-refractivity contribution in [2.24, 2.45) is 0 Å². The van der Waals surface area contributed by atoms with Gasteiger partial charge in [-0.1, -0.05) is 44.9 Å². The highest BCUT2D eigenvalue weighted by molar-refractivity contribution is 5.93. The molecule has 1 amide bonds. The third kappa shape index (κ3) is 6.30. The standard InChI is InChI=1S/C18H30N2O/c1-5-7-12-20(13-8-6-2)14-17(21)19-18-15(3)10-9-11-16(18)4/h9-11H,5-8,12-14H2,1-4H3,(H,19,21). The fraction of sp³-hybridized carbons (Fsp3) is 0.611. The lowest BCUT2D eigenvalue weighted by Crippen LogP contribution is -2.35. The van der Waals surface area contributed by atoms with E-state index >= 15 is 0 Å². The molecule has 3 heteroatoms. The summed E-state index contributed by atoms with van der Waals surface area (Å²) in [6.45, 7) is 11.0. The molecule has 0 radical (unpaired) electrons. The zero-order valence-corrected chi connectivity index (χ0v) is 14.0. The smallest absolute Gasteiger partial charge is 0.238 e. The predicted molar refractivity (Wildman–Crippen MR) is 90.8 cm³/mol. The first-order valence-electron chi connectivity index (χ1n) is 8.16. The van der Waals surface area contributed by atoms with E-state index < -0.39 is 0 Å². The highest BCUT2D eigenvalue weighted by Crippen LogP contribution is 2.19. The molecule has 1 rings (SSSR count). The Kier molecular flexibility index (Phi) is 8.06. The molecule has 1 aromatic carbocycles. The molecule has 0 unspecified atom stereocenters. The summed E-state index contributed by atoms with van der Waals surface area (Å²) in [7, 11) is 0. The van der Waals surface area contributed by atoms with Gasteiger partial charge in [0.05, 0.1) is 6.54 Å². The number of aryl methyl sites for hydroxylation is 2. The number of benzene rings is 1. The van der Waals surface area contributed by atoms with Crippen molar-refractivity contribution in [3.8, 4) is 0 Å². The van der Waals surface area contributed by atoms with Crippen LogP contribution in [-0.2, 0) is 4.79 Å². The number of anilines is 1. The van der Waals surface area contributed by atoms with Gasteiger partial charge in [-0.2, -0.15) is 0 Å². The third-order valence-corrected chi connectivity index (χ3v) is 3.77. The SMILES string of the molecule is CCCCN(CCCC)CC(=O)Nc1c(C)cccc1C. The van der Waals surface area contributed by atoms with Crippen molar-refractivity contribution in [3.05, 3.63) is 29.3 Å². The van der Waals surface area contributed by atoms with E-state index in [1.165, 1.54) is 12.8 Å². The largest absolute Gasteiger partial charge is 0.324 e. The van der Waals surface area contributed by atoms with Crippen molar-refractivity contribution >= 4 is 11.6 Å². The number of unbranched alkanes of at least 4 members (excludes halogenated alkanes) is 2. The number of carbonyl (C=O) groups excluding carboxylic acids is 1. The Hall–Kier alpha value is -1.35. The average Bonchev–Trinajstić information content (AvgIpc) is 2.46. The van der Waals surface area contributed by atoms with Crippen LogP contribution in [0.4, 0.5) is 5.69 Å². The van der Waals surface area contributed by atoms with Crippen LogP contribution in [0.25, 0.3) is 0 Å². The van der Waals surface area contributed by atoms with E-state index in [9.17, 15) is 4.79 Å². The van der Waals surface area contributed by atoms with Gasteiger partial charge in [-0.3, -0.25) is 9.69 Å². The van der Waals surface area contributed by atoms with Crippen LogP contribution in [-0.4, -0.2) is 30.4 Å². The second kappa shape index (κ2) is 9.56. The Balaban J connectivity index is 2.60. The van der Waals surface area contributed by atoms with Gasteiger partial charge >= 0.3 is 0 Å². The molecule has 118 valence electrons. The molecule has 0 saturated carbocycles. The van der Waals surface area contributed by atoms with Crippen LogP contribution in [0.3, 0.4) is 0 Å². The number of para-hydroxylation sites is 1. The normalized spacial score (nSPS) is 10.9. The Morgan fingerprint density at radius 2 is 1.57 bits per heavy atom. The molecule has 0 aliphatic carbocycles. The van der Waals surface area contributed by atoms with Crippen molar-refractivity contribution < 1.29 is 4.79 Å². The third-order valence-electron chi connectivity index (χ3n) is 3.77. The second-order valence-electron chi connectivity index (χ2n) is 5.80. The first-order valence-corrected chi connectivity index (χ1v) is 8.16. The Morgan fingerprint density at radius 1 is 1.05 bits per heavy atom. The van der Waals surface area contributed by atoms with Crippen molar-refractivity contribution in [1.29, 1.82) is 0 Å². The molecule has 0 atom stereocenters. The summed E-state index contributed by atoms with van der Waals surface area (Å²) in [6.07, 6.45) is 4.64. The lowest BCUT2D eigenvalue weighted by molar-refractivity contribution is -0.117. The maximum absolute atomic E-state index is 12.3. The summed E-state index contributed by atoms with van der Waals surface area (Å²) in [4.78, 5) is 14.6. The van der Waals surface area contributed by atoms with Crippen LogP contribution >= 0.6 is 0 Å². The minimum absolute atomic E-state index is 0.0969. The van der Waals surface area contributed by atoms with E-state index in [1.807, 2.05) is 32.0 Å². The van der Waals surface area contributed by atoms with Crippen molar-refractivity contribution in [2.75, 3.05) is 25.0 Å². The first-order chi connectivity index (χ1) is 10.1. The highest BCUT2D eigenvalue weighted by Gasteiger charge is 2.12. The summed E-state index contributed by atoms with van der Waals surface area (Å²) in [5.41, 5.74) is 3.21. The predicted octanol–water partition coefficient (Wildman–Crippen LogP) is 4.14. The van der Waals surface area contributed by atoms with Gasteiger partial charge in [0.25, 0.3) is 0 Å². The second-order valence-corrected chi connectivity index (χ2v) is 5.80. The number of amides is 1. The number of rotatable bonds is 9. The Bertz CT molecular complexity index is 415. The quantitative estimate of drug-likeness (QED) is 0.741. The Labute approximate surface area is 129 Å². The number of hydrogen-bond donors (Lipinski definition) is 1. The minimum atomic E-state index is 0.0969. The molecule has 1 aromatic rings. The molecule has 0 fully saturated rings. The van der Waals surface area contributed by atoms with Crippen LogP contribution in [0.15, 0.2) is 18.2 Å². The van der Waals surface area contributed by atoms with Crippen LogP contribution in [0.2, 0.25) is 0 Å². The van der Waals surface area contributed by atoms with E-state index in [4.69, 9.17) is 0 Å². The lowest BCUT2D eigenvalue weighted by Gasteiger charge is -2.22. The number of nitrogens with one attached hydrogen (secondary N) is 1. The molecule has 0 aromatic heterocycles. The van der Waals surface area contributed by atoms with E-state index in [0.29, 0.717) is 6.54 Å². The van der Waals surface area contributed by atoms with Crippen LogP contribution in [0, 0.1) is 13.8 Å². The minimum Gasteiger partial charge on any atom is -0.324 e. The van der Waals surface area contributed by atoms with Gasteiger partial charge in [0, 0.05) is 5.69 Å². The monoisotopic (exact) mass is 290 g/mol. The molecule has 0 bridgehead atoms. The van der Waals surface area contributed by atoms with Gasteiger partial charge in [0.1, 0.15) is 0 Å². The summed E-state index contributed by atoms with van der Waals surface area (Å²) in [5, 5.41) is 3.08. The fourth-order valence-electron chi connectivity index (χ4n) is 2.43. The van der Waals surface area contributed by atoms with Crippen LogP contribution in [0.1, 0.15) is 50.7 Å². The molecule has 0 aliphatic rings. The summed E-state index contributed by atoms with van der Waals surface area (Å²) in [5.74, 6) is 0.0969. The van der Waals surface area contributed by atoms with E-state index in [0.717, 1.165) is 42.7 Å². The molecule has 0 aliphatic heterocycles. The molecule has 1 N–H and O–H groups in total. The van der Waals surface area contributed by atoms with Gasteiger partial charge < -0.3 is 5.32 Å². The molecular formula is C18H30N2O. The van der Waals surface area contributed by atoms with E-state index in [-0.39, 0.29) is 5.91 Å². The molecular weight excluding hydrogens is 260 g/mol. The van der Waals surface area contributed by atoms with Gasteiger partial charge in [0.2, 0.25) is 5.91 Å². The van der Waals surface area contributed by atoms with Crippen molar-refractivity contribution in [1.82, 2.24) is 4.90 Å². The lowest BCUT2D eigenvalue weighted by atomic mass is 10.1. The maximum atomic E-state index is 12.3. The van der Waals surface area contributed by atoms with Crippen LogP contribution in [0.5, 0.6) is 0 Å². The topological polar surface area (TPSA) is 32.3 Å². The van der Waals surface area contributed by atoms with Crippen LogP contribution < -0.4 is 5.32 Å². The summed E-state index contributed by atoms with van der Waals surface area (Å²) >= 11 is 0. The molecule has 3 nitrogen and oxygen atoms in total. The maximum Gasteiger partial charge on any atom is 0.238 e. The highest BCUT2D eigenvalue weighted by atomic mass is 16.2. The number of carbonyl (C=O) groups is 1. The van der Waals surface area contributed by atoms with Gasteiger partial charge in [-0.25, -0.2) is 0 Å². The van der Waals surface area contributed by atoms with E-state index in [2.05, 4.69) is 24.1 Å². The van der Waals surface area contributed by atoms with Gasteiger partial charge in [0.15, 0.2) is 0 Å². The molecule has 0 heterocycles. The molecule has 21 heavy (non-hydrogen) atoms. The Morgan fingerprint density at radius 3 is 2.05 bits per heavy atom. The zero-order chi connectivity index (χ0) is 15.7. The van der Waals surface area contributed by atoms with Crippen molar-refractivity contribution in [2.45, 2.75) is 53.4 Å². The summed E-state index contributed by atoms with van der Waals surface area (Å²) in [6, 6.07) is 6.10. The average molecular weight is 290 g/mol. The summed E-state index contributed by atoms with van der Waals surface area (Å²) < 4.78 is 0. The zero-order valence-electron chi connectivity index (χ0n) is 14.0.